The van der Waals surface area contributed by atoms with E-state index in [0.717, 1.165) is 16.7 Å². The molecule has 1 aliphatic heterocycles. The van der Waals surface area contributed by atoms with Crippen LogP contribution in [-0.2, 0) is 11.3 Å². The average molecular weight is 303 g/mol. The summed E-state index contributed by atoms with van der Waals surface area (Å²) in [6.07, 6.45) is 1.03. The third-order valence-corrected chi connectivity index (χ3v) is 2.72. The minimum absolute atomic E-state index is 0.383. The van der Waals surface area contributed by atoms with Crippen LogP contribution in [0, 0.1) is 6.92 Å². The maximum Gasteiger partial charge on any atom is 0.407 e. The van der Waals surface area contributed by atoms with Crippen LogP contribution in [0.5, 0.6) is 0 Å². The molecule has 0 fully saturated rings. The fourth-order valence-electron chi connectivity index (χ4n) is 1.96. The van der Waals surface area contributed by atoms with E-state index in [9.17, 15) is 4.79 Å². The highest BCUT2D eigenvalue weighted by Gasteiger charge is 2.16. The molecule has 1 heterocycles. The van der Waals surface area contributed by atoms with Gasteiger partial charge in [-0.05, 0) is 45.4 Å². The number of benzene rings is 1. The van der Waals surface area contributed by atoms with Crippen LogP contribution in [0.15, 0.2) is 28.4 Å². The molecular weight excluding hydrogens is 282 g/mol. The highest BCUT2D eigenvalue weighted by Crippen LogP contribution is 2.12. The van der Waals surface area contributed by atoms with Crippen molar-refractivity contribution in [2.75, 3.05) is 0 Å². The number of aryl methyl sites for hydroxylation is 1. The third kappa shape index (κ3) is 4.76. The van der Waals surface area contributed by atoms with Crippen LogP contribution in [0.25, 0.3) is 0 Å². The first-order chi connectivity index (χ1) is 10.3. The number of carbonyl (C=O) groups is 1. The summed E-state index contributed by atoms with van der Waals surface area (Å²) in [5, 5.41) is 10.8. The predicted molar refractivity (Wildman–Crippen MR) is 85.6 cm³/mol. The molecule has 1 amide bonds. The topological polar surface area (TPSA) is 87.1 Å². The smallest absolute Gasteiger partial charge is 0.407 e. The number of rotatable bonds is 3. The number of hydrogen-bond acceptors (Lipinski definition) is 6. The second-order valence-electron chi connectivity index (χ2n) is 6.02. The van der Waals surface area contributed by atoms with Gasteiger partial charge in [-0.1, -0.05) is 11.6 Å². The minimum Gasteiger partial charge on any atom is -0.444 e. The van der Waals surface area contributed by atoms with Gasteiger partial charge in [0.05, 0.1) is 0 Å². The van der Waals surface area contributed by atoms with E-state index in [4.69, 9.17) is 4.74 Å². The van der Waals surface area contributed by atoms with Gasteiger partial charge < -0.3 is 10.1 Å². The molecular formula is C15H21N5O2. The third-order valence-electron chi connectivity index (χ3n) is 2.72. The van der Waals surface area contributed by atoms with Crippen LogP contribution in [0.4, 0.5) is 4.79 Å². The van der Waals surface area contributed by atoms with Crippen molar-refractivity contribution in [1.82, 2.24) is 16.2 Å². The normalized spacial score (nSPS) is 13.7. The van der Waals surface area contributed by atoms with Gasteiger partial charge in [-0.15, -0.1) is 0 Å². The molecule has 7 heteroatoms. The summed E-state index contributed by atoms with van der Waals surface area (Å²) in [6.45, 7) is 7.86. The number of hydrazone groups is 2. The average Bonchev–Trinajstić information content (AvgIpc) is 2.44. The van der Waals surface area contributed by atoms with Gasteiger partial charge in [-0.3, -0.25) is 10.9 Å². The van der Waals surface area contributed by atoms with Gasteiger partial charge in [0.1, 0.15) is 11.9 Å². The zero-order valence-corrected chi connectivity index (χ0v) is 13.2. The highest BCUT2D eigenvalue weighted by atomic mass is 16.6. The van der Waals surface area contributed by atoms with Crippen LogP contribution in [0.1, 0.15) is 37.5 Å². The minimum atomic E-state index is -0.508. The summed E-state index contributed by atoms with van der Waals surface area (Å²) in [6, 6.07) is 5.94. The van der Waals surface area contributed by atoms with E-state index in [1.165, 1.54) is 6.34 Å². The van der Waals surface area contributed by atoms with Crippen LogP contribution in [0.3, 0.4) is 0 Å². The van der Waals surface area contributed by atoms with Crippen LogP contribution in [0.2, 0.25) is 0 Å². The summed E-state index contributed by atoms with van der Waals surface area (Å²) < 4.78 is 5.22. The fourth-order valence-corrected chi connectivity index (χ4v) is 1.96. The Balaban J connectivity index is 2.04. The number of hydrogen-bond donors (Lipinski definition) is 3. The lowest BCUT2D eigenvalue weighted by atomic mass is 10.1. The summed E-state index contributed by atoms with van der Waals surface area (Å²) in [5.41, 5.74) is 7.93. The molecule has 0 aromatic heterocycles. The molecule has 0 saturated carbocycles. The zero-order chi connectivity index (χ0) is 16.2. The number of alkyl carbamates (subject to hydrolysis) is 1. The second kappa shape index (κ2) is 6.46. The van der Waals surface area contributed by atoms with Crippen molar-refractivity contribution in [2.24, 2.45) is 10.2 Å². The molecule has 3 N–H and O–H groups in total. The van der Waals surface area contributed by atoms with Crippen LogP contribution >= 0.6 is 0 Å². The fraction of sp³-hybridized carbons (Fsp3) is 0.400. The summed E-state index contributed by atoms with van der Waals surface area (Å²) >= 11 is 0. The quantitative estimate of drug-likeness (QED) is 0.795. The second-order valence-corrected chi connectivity index (χ2v) is 6.02. The lowest BCUT2D eigenvalue weighted by Crippen LogP contribution is -2.32. The summed E-state index contributed by atoms with van der Waals surface area (Å²) in [5.74, 6) is 0.629. The van der Waals surface area contributed by atoms with Crippen molar-refractivity contribution >= 4 is 18.3 Å². The van der Waals surface area contributed by atoms with Crippen molar-refractivity contribution in [3.63, 3.8) is 0 Å². The first-order valence-electron chi connectivity index (χ1n) is 7.02. The molecule has 7 nitrogen and oxygen atoms in total. The lowest BCUT2D eigenvalue weighted by Gasteiger charge is -2.20. The van der Waals surface area contributed by atoms with E-state index >= 15 is 0 Å². The molecule has 0 bridgehead atoms. The Morgan fingerprint density at radius 2 is 2.09 bits per heavy atom. The first kappa shape index (κ1) is 15.8. The summed E-state index contributed by atoms with van der Waals surface area (Å²) in [4.78, 5) is 11.7. The number of nitrogens with zero attached hydrogens (tertiary/aromatic N) is 2. The number of amides is 1. The Morgan fingerprint density at radius 3 is 2.73 bits per heavy atom. The monoisotopic (exact) mass is 303 g/mol. The number of ether oxygens (including phenoxy) is 1. The molecule has 1 aromatic rings. The largest absolute Gasteiger partial charge is 0.444 e. The SMILES string of the molecule is Cc1cc(CNC(=O)OC(C)(C)C)cc(C2=NNC=NN2)c1. The Bertz CT molecular complexity index is 617. The predicted octanol–water partition coefficient (Wildman–Crippen LogP) is 1.82. The molecule has 2 rings (SSSR count). The van der Waals surface area contributed by atoms with E-state index in [2.05, 4.69) is 26.4 Å². The van der Waals surface area contributed by atoms with Crippen molar-refractivity contribution < 1.29 is 9.53 Å². The van der Waals surface area contributed by atoms with Gasteiger partial charge in [0.25, 0.3) is 0 Å². The molecule has 1 aromatic carbocycles. The summed E-state index contributed by atoms with van der Waals surface area (Å²) in [7, 11) is 0. The Morgan fingerprint density at radius 1 is 1.32 bits per heavy atom. The van der Waals surface area contributed by atoms with Gasteiger partial charge in [0, 0.05) is 12.1 Å². The molecule has 0 aliphatic carbocycles. The van der Waals surface area contributed by atoms with Gasteiger partial charge >= 0.3 is 6.09 Å². The Kier molecular flexibility index (Phi) is 4.65. The standard InChI is InChI=1S/C15H21N5O2/c1-10-5-11(8-16-14(21)22-15(2,3)4)7-12(6-10)13-19-17-9-18-20-13/h5-7,9H,8H2,1-4H3,(H,16,21)(H,17,18)(H,19,20). The maximum atomic E-state index is 11.7. The van der Waals surface area contributed by atoms with E-state index in [-0.39, 0.29) is 0 Å². The van der Waals surface area contributed by atoms with Crippen molar-refractivity contribution in [2.45, 2.75) is 39.8 Å². The Labute approximate surface area is 129 Å². The van der Waals surface area contributed by atoms with E-state index in [1.54, 1.807) is 0 Å². The van der Waals surface area contributed by atoms with Crippen LogP contribution < -0.4 is 16.2 Å². The number of carbonyl (C=O) groups excluding carboxylic acids is 1. The number of nitrogens with one attached hydrogen (secondary N) is 3. The first-order valence-corrected chi connectivity index (χ1v) is 7.02. The molecule has 22 heavy (non-hydrogen) atoms. The van der Waals surface area contributed by atoms with Crippen molar-refractivity contribution in [3.05, 3.63) is 34.9 Å². The van der Waals surface area contributed by atoms with Crippen molar-refractivity contribution in [1.29, 1.82) is 0 Å². The molecule has 0 saturated heterocycles. The van der Waals surface area contributed by atoms with E-state index < -0.39 is 11.7 Å². The van der Waals surface area contributed by atoms with Crippen molar-refractivity contribution in [3.8, 4) is 0 Å². The molecule has 118 valence electrons. The maximum absolute atomic E-state index is 11.7. The van der Waals surface area contributed by atoms with E-state index in [0.29, 0.717) is 12.4 Å². The lowest BCUT2D eigenvalue weighted by molar-refractivity contribution is 0.0523. The highest BCUT2D eigenvalue weighted by molar-refractivity contribution is 6.00. The zero-order valence-electron chi connectivity index (χ0n) is 13.2. The van der Waals surface area contributed by atoms with Gasteiger partial charge in [0.2, 0.25) is 0 Å². The van der Waals surface area contributed by atoms with Crippen LogP contribution in [-0.4, -0.2) is 23.9 Å². The molecule has 1 aliphatic rings. The molecule has 0 atom stereocenters. The Hall–Kier alpha value is -2.57. The number of amidine groups is 1. The molecule has 0 radical (unpaired) electrons. The molecule has 0 spiro atoms. The van der Waals surface area contributed by atoms with Gasteiger partial charge in [-0.25, -0.2) is 4.79 Å². The van der Waals surface area contributed by atoms with Gasteiger partial charge in [0.15, 0.2) is 5.84 Å². The molecule has 0 unspecified atom stereocenters. The van der Waals surface area contributed by atoms with E-state index in [1.807, 2.05) is 45.9 Å². The van der Waals surface area contributed by atoms with Gasteiger partial charge in [-0.2, -0.15) is 10.2 Å².